The van der Waals surface area contributed by atoms with E-state index in [1.807, 2.05) is 0 Å². The highest BCUT2D eigenvalue weighted by atomic mass is 19.1. The highest BCUT2D eigenvalue weighted by Gasteiger charge is 2.49. The number of aromatic nitrogens is 3. The van der Waals surface area contributed by atoms with Crippen LogP contribution in [0.15, 0.2) is 54.7 Å². The largest absolute Gasteiger partial charge is 0.508 e. The molecule has 2 heterocycles. The van der Waals surface area contributed by atoms with Crippen molar-refractivity contribution in [3.8, 4) is 17.0 Å². The van der Waals surface area contributed by atoms with Gasteiger partial charge in [-0.1, -0.05) is 17.3 Å². The van der Waals surface area contributed by atoms with E-state index in [1.54, 1.807) is 37.4 Å². The molecule has 0 bridgehead atoms. The lowest BCUT2D eigenvalue weighted by Gasteiger charge is -2.42. The van der Waals surface area contributed by atoms with Crippen LogP contribution in [-0.2, 0) is 9.53 Å². The van der Waals surface area contributed by atoms with E-state index >= 15 is 0 Å². The molecule has 2 aromatic carbocycles. The fourth-order valence-electron chi connectivity index (χ4n) is 4.31. The van der Waals surface area contributed by atoms with Crippen LogP contribution in [0.1, 0.15) is 12.5 Å². The smallest absolute Gasteiger partial charge is 0.254 e. The van der Waals surface area contributed by atoms with Gasteiger partial charge in [0.25, 0.3) is 5.91 Å². The number of amides is 1. The second kappa shape index (κ2) is 11.6. The molecule has 5 atom stereocenters. The molecule has 1 aliphatic heterocycles. The number of anilines is 1. The third-order valence-corrected chi connectivity index (χ3v) is 6.33. The van der Waals surface area contributed by atoms with Gasteiger partial charge in [0.1, 0.15) is 35.5 Å². The van der Waals surface area contributed by atoms with E-state index in [0.29, 0.717) is 17.8 Å². The van der Waals surface area contributed by atoms with Crippen molar-refractivity contribution in [1.82, 2.24) is 19.9 Å². The molecular formula is C25H30FN5O6. The normalized spacial score (nSPS) is 23.5. The number of rotatable bonds is 9. The number of aromatic hydroxyl groups is 1. The molecule has 37 heavy (non-hydrogen) atoms. The molecule has 0 spiro atoms. The molecule has 4 rings (SSSR count). The molecule has 0 saturated carbocycles. The Labute approximate surface area is 212 Å². The Morgan fingerprint density at radius 2 is 1.95 bits per heavy atom. The Morgan fingerprint density at radius 3 is 2.65 bits per heavy atom. The van der Waals surface area contributed by atoms with Crippen LogP contribution in [0.4, 0.5) is 10.1 Å². The summed E-state index contributed by atoms with van der Waals surface area (Å²) in [7, 11) is 1.57. The van der Waals surface area contributed by atoms with Gasteiger partial charge in [-0.05, 0) is 42.8 Å². The first-order valence-electron chi connectivity index (χ1n) is 11.9. The van der Waals surface area contributed by atoms with E-state index in [-0.39, 0.29) is 25.3 Å². The van der Waals surface area contributed by atoms with Crippen molar-refractivity contribution in [2.45, 2.75) is 36.9 Å². The molecule has 11 nitrogen and oxygen atoms in total. The fraction of sp³-hybridized carbons (Fsp3) is 0.400. The zero-order valence-electron chi connectivity index (χ0n) is 20.2. The predicted molar refractivity (Wildman–Crippen MR) is 131 cm³/mol. The molecule has 0 aliphatic carbocycles. The van der Waals surface area contributed by atoms with Crippen LogP contribution in [0.5, 0.6) is 5.75 Å². The highest BCUT2D eigenvalue weighted by Crippen LogP contribution is 2.33. The summed E-state index contributed by atoms with van der Waals surface area (Å²) in [5.41, 5.74) is 1.55. The van der Waals surface area contributed by atoms with Gasteiger partial charge in [0.15, 0.2) is 6.10 Å². The minimum absolute atomic E-state index is 0.0335. The van der Waals surface area contributed by atoms with Gasteiger partial charge in [0.05, 0.1) is 12.3 Å². The number of carbonyl (C=O) groups is 1. The van der Waals surface area contributed by atoms with Crippen molar-refractivity contribution >= 4 is 11.6 Å². The van der Waals surface area contributed by atoms with Gasteiger partial charge >= 0.3 is 0 Å². The van der Waals surface area contributed by atoms with E-state index in [2.05, 4.69) is 15.6 Å². The number of aliphatic hydroxyl groups excluding tert-OH is 3. The number of nitrogens with zero attached hydrogens (tertiary/aromatic N) is 4. The van der Waals surface area contributed by atoms with Gasteiger partial charge < -0.3 is 35.4 Å². The van der Waals surface area contributed by atoms with Crippen molar-refractivity contribution in [3.63, 3.8) is 0 Å². The molecular weight excluding hydrogens is 485 g/mol. The molecule has 1 saturated heterocycles. The van der Waals surface area contributed by atoms with Crippen LogP contribution in [0.3, 0.4) is 0 Å². The third-order valence-electron chi connectivity index (χ3n) is 6.33. The Balaban J connectivity index is 1.49. The molecule has 1 aromatic heterocycles. The summed E-state index contributed by atoms with van der Waals surface area (Å²) >= 11 is 0. The van der Waals surface area contributed by atoms with Gasteiger partial charge in [-0.2, -0.15) is 0 Å². The number of benzene rings is 2. The second-order valence-electron chi connectivity index (χ2n) is 8.91. The number of phenolic OH excluding ortho intramolecular Hbond substituents is 1. The van der Waals surface area contributed by atoms with E-state index in [1.165, 1.54) is 34.0 Å². The number of hydrogen-bond donors (Lipinski definition) is 5. The van der Waals surface area contributed by atoms with Crippen molar-refractivity contribution in [2.24, 2.45) is 0 Å². The monoisotopic (exact) mass is 515 g/mol. The van der Waals surface area contributed by atoms with Crippen LogP contribution in [0.25, 0.3) is 11.3 Å². The SMILES string of the molecule is CN(CCNc1ccc(O)cc1)C(=O)[C@@H]1O[C@H](CCO)[C@H](O)[C@H](n2cc(-c3cccc(F)c3)nn2)[C@H]1O. The third kappa shape index (κ3) is 6.05. The van der Waals surface area contributed by atoms with E-state index < -0.39 is 42.2 Å². The molecule has 1 aliphatic rings. The summed E-state index contributed by atoms with van der Waals surface area (Å²) in [6.07, 6.45) is -3.56. The van der Waals surface area contributed by atoms with Crippen LogP contribution >= 0.6 is 0 Å². The maximum Gasteiger partial charge on any atom is 0.254 e. The van der Waals surface area contributed by atoms with Gasteiger partial charge in [0, 0.05) is 38.0 Å². The second-order valence-corrected chi connectivity index (χ2v) is 8.91. The maximum atomic E-state index is 13.7. The number of phenols is 1. The van der Waals surface area contributed by atoms with Gasteiger partial charge in [-0.25, -0.2) is 9.07 Å². The number of likely N-dealkylation sites (N-methyl/N-ethyl adjacent to an activating group) is 1. The van der Waals surface area contributed by atoms with Crippen molar-refractivity contribution in [2.75, 3.05) is 32.1 Å². The standard InChI is InChI=1S/C25H30FN5O6/c1-30(11-10-27-17-5-7-18(33)8-6-17)25(36)24-23(35)21(22(34)20(37-24)9-12-32)31-14-19(28-29-31)15-3-2-4-16(26)13-15/h2-8,13-14,20-24,27,32-35H,9-12H2,1H3/t20-,21+,22+,23-,24-/m1/s1. The molecule has 198 valence electrons. The zero-order chi connectivity index (χ0) is 26.5. The Hall–Kier alpha value is -3.58. The molecule has 5 N–H and O–H groups in total. The van der Waals surface area contributed by atoms with E-state index in [0.717, 1.165) is 5.69 Å². The van der Waals surface area contributed by atoms with Crippen molar-refractivity contribution in [1.29, 1.82) is 0 Å². The lowest BCUT2D eigenvalue weighted by molar-refractivity contribution is -0.207. The minimum atomic E-state index is -1.48. The summed E-state index contributed by atoms with van der Waals surface area (Å²) in [5, 5.41) is 52.1. The lowest BCUT2D eigenvalue weighted by atomic mass is 9.90. The summed E-state index contributed by atoms with van der Waals surface area (Å²) in [6.45, 7) is 0.364. The molecule has 0 radical (unpaired) electrons. The lowest BCUT2D eigenvalue weighted by Crippen LogP contribution is -2.59. The topological polar surface area (TPSA) is 153 Å². The molecule has 12 heteroatoms. The van der Waals surface area contributed by atoms with E-state index in [9.17, 15) is 29.6 Å². The zero-order valence-corrected chi connectivity index (χ0v) is 20.2. The molecule has 3 aromatic rings. The van der Waals surface area contributed by atoms with Gasteiger partial charge in [-0.3, -0.25) is 4.79 Å². The molecule has 1 amide bonds. The quantitative estimate of drug-likeness (QED) is 0.260. The number of hydrogen-bond acceptors (Lipinski definition) is 9. The van der Waals surface area contributed by atoms with Gasteiger partial charge in [0.2, 0.25) is 0 Å². The minimum Gasteiger partial charge on any atom is -0.508 e. The number of ether oxygens (including phenoxy) is 1. The van der Waals surface area contributed by atoms with Crippen molar-refractivity contribution in [3.05, 3.63) is 60.5 Å². The average molecular weight is 516 g/mol. The highest BCUT2D eigenvalue weighted by molar-refractivity contribution is 5.81. The Morgan fingerprint density at radius 1 is 1.19 bits per heavy atom. The van der Waals surface area contributed by atoms with Crippen LogP contribution in [-0.4, -0.2) is 97.4 Å². The van der Waals surface area contributed by atoms with Crippen LogP contribution < -0.4 is 5.32 Å². The predicted octanol–water partition coefficient (Wildman–Crippen LogP) is 0.773. The summed E-state index contributed by atoms with van der Waals surface area (Å²) in [4.78, 5) is 14.6. The summed E-state index contributed by atoms with van der Waals surface area (Å²) < 4.78 is 20.7. The number of halogens is 1. The molecule has 0 unspecified atom stereocenters. The van der Waals surface area contributed by atoms with Crippen LogP contribution in [0.2, 0.25) is 0 Å². The summed E-state index contributed by atoms with van der Waals surface area (Å²) in [5.74, 6) is -0.814. The summed E-state index contributed by atoms with van der Waals surface area (Å²) in [6, 6.07) is 11.1. The Bertz CT molecular complexity index is 1190. The average Bonchev–Trinajstić information content (AvgIpc) is 3.36. The van der Waals surface area contributed by atoms with Crippen LogP contribution in [0, 0.1) is 5.82 Å². The number of nitrogens with one attached hydrogen (secondary N) is 1. The number of aliphatic hydroxyl groups is 3. The number of carbonyl (C=O) groups excluding carboxylic acids is 1. The molecule has 1 fully saturated rings. The first-order valence-corrected chi connectivity index (χ1v) is 11.9. The first kappa shape index (κ1) is 26.5. The maximum absolute atomic E-state index is 13.7. The van der Waals surface area contributed by atoms with E-state index in [4.69, 9.17) is 4.74 Å². The van der Waals surface area contributed by atoms with Crippen molar-refractivity contribution < 1.29 is 34.3 Å². The Kier molecular flexibility index (Phi) is 8.34. The fourth-order valence-corrected chi connectivity index (χ4v) is 4.31. The first-order chi connectivity index (χ1) is 17.8. The van der Waals surface area contributed by atoms with Gasteiger partial charge in [-0.15, -0.1) is 5.10 Å².